The minimum atomic E-state index is 0.312. The number of likely N-dealkylation sites (tertiary alicyclic amines) is 1. The second-order valence-corrected chi connectivity index (χ2v) is 6.09. The van der Waals surface area contributed by atoms with Gasteiger partial charge in [0.1, 0.15) is 5.78 Å². The molecule has 0 unspecified atom stereocenters. The lowest BCUT2D eigenvalue weighted by molar-refractivity contribution is -0.123. The third-order valence-electron chi connectivity index (χ3n) is 4.65. The van der Waals surface area contributed by atoms with Crippen molar-refractivity contribution in [3.8, 4) is 0 Å². The molecular formula is C15H27NO2. The molecule has 0 atom stereocenters. The predicted octanol–water partition coefficient (Wildman–Crippen LogP) is 2.78. The number of nitrogens with zero attached hydrogens (tertiary/aromatic N) is 1. The Balaban J connectivity index is 1.81. The van der Waals surface area contributed by atoms with Gasteiger partial charge in [-0.05, 0) is 39.0 Å². The Kier molecular flexibility index (Phi) is 4.79. The van der Waals surface area contributed by atoms with Gasteiger partial charge in [-0.25, -0.2) is 0 Å². The predicted molar refractivity (Wildman–Crippen MR) is 72.7 cm³/mol. The maximum Gasteiger partial charge on any atom is 0.135 e. The van der Waals surface area contributed by atoms with Crippen molar-refractivity contribution in [3.63, 3.8) is 0 Å². The molecule has 2 rings (SSSR count). The Morgan fingerprint density at radius 3 is 2.44 bits per heavy atom. The number of ketones is 1. The quantitative estimate of drug-likeness (QED) is 0.771. The first-order chi connectivity index (χ1) is 8.64. The molecular weight excluding hydrogens is 226 g/mol. The molecule has 0 bridgehead atoms. The monoisotopic (exact) mass is 253 g/mol. The molecule has 104 valence electrons. The van der Waals surface area contributed by atoms with E-state index in [-0.39, 0.29) is 0 Å². The summed E-state index contributed by atoms with van der Waals surface area (Å²) in [4.78, 5) is 13.9. The fraction of sp³-hybridized carbons (Fsp3) is 0.933. The van der Waals surface area contributed by atoms with Gasteiger partial charge < -0.3 is 4.74 Å². The molecule has 0 aromatic rings. The zero-order chi connectivity index (χ0) is 13.0. The highest BCUT2D eigenvalue weighted by Crippen LogP contribution is 2.35. The molecule has 1 aliphatic heterocycles. The Morgan fingerprint density at radius 1 is 1.28 bits per heavy atom. The van der Waals surface area contributed by atoms with Crippen LogP contribution in [0.15, 0.2) is 0 Å². The molecule has 0 amide bonds. The number of hydrogen-bond acceptors (Lipinski definition) is 3. The van der Waals surface area contributed by atoms with Gasteiger partial charge in [-0.3, -0.25) is 9.69 Å². The van der Waals surface area contributed by atoms with Crippen molar-refractivity contribution in [2.24, 2.45) is 0 Å². The number of hydrogen-bond donors (Lipinski definition) is 0. The molecule has 1 aliphatic carbocycles. The number of carbonyl (C=O) groups excluding carboxylic acids is 1. The van der Waals surface area contributed by atoms with Gasteiger partial charge in [0.15, 0.2) is 0 Å². The molecule has 2 aliphatic rings. The van der Waals surface area contributed by atoms with Gasteiger partial charge in [-0.1, -0.05) is 6.92 Å². The first-order valence-electron chi connectivity index (χ1n) is 7.52. The molecule has 3 heteroatoms. The zero-order valence-corrected chi connectivity index (χ0v) is 11.9. The van der Waals surface area contributed by atoms with Crippen molar-refractivity contribution in [2.75, 3.05) is 19.7 Å². The molecule has 1 saturated heterocycles. The lowest BCUT2D eigenvalue weighted by atomic mass is 9.79. The maximum absolute atomic E-state index is 11.3. The van der Waals surface area contributed by atoms with Crippen molar-refractivity contribution in [3.05, 3.63) is 0 Å². The first-order valence-corrected chi connectivity index (χ1v) is 7.52. The van der Waals surface area contributed by atoms with Crippen molar-refractivity contribution >= 4 is 5.78 Å². The van der Waals surface area contributed by atoms with Crippen molar-refractivity contribution in [1.82, 2.24) is 4.90 Å². The summed E-state index contributed by atoms with van der Waals surface area (Å²) in [5.74, 6) is 0.440. The molecule has 0 spiro atoms. The van der Waals surface area contributed by atoms with Gasteiger partial charge in [0.2, 0.25) is 0 Å². The maximum atomic E-state index is 11.3. The summed E-state index contributed by atoms with van der Waals surface area (Å²) in [6, 6.07) is 0. The number of ether oxygens (including phenoxy) is 1. The minimum absolute atomic E-state index is 0.312. The van der Waals surface area contributed by atoms with Crippen LogP contribution in [0.2, 0.25) is 0 Å². The Bertz CT molecular complexity index is 272. The highest BCUT2D eigenvalue weighted by atomic mass is 16.5. The molecule has 0 N–H and O–H groups in total. The SMILES string of the molecule is CCCO[C@H]1CC[C@@](C)(N2CCC(=O)CC2)CC1. The minimum Gasteiger partial charge on any atom is -0.378 e. The summed E-state index contributed by atoms with van der Waals surface area (Å²) in [6.07, 6.45) is 7.90. The molecule has 1 heterocycles. The summed E-state index contributed by atoms with van der Waals surface area (Å²) in [5, 5.41) is 0. The topological polar surface area (TPSA) is 29.5 Å². The summed E-state index contributed by atoms with van der Waals surface area (Å²) < 4.78 is 5.86. The van der Waals surface area contributed by atoms with E-state index < -0.39 is 0 Å². The highest BCUT2D eigenvalue weighted by Gasteiger charge is 2.37. The molecule has 18 heavy (non-hydrogen) atoms. The van der Waals surface area contributed by atoms with Crippen LogP contribution in [-0.2, 0) is 9.53 Å². The van der Waals surface area contributed by atoms with Crippen LogP contribution < -0.4 is 0 Å². The van der Waals surface area contributed by atoms with E-state index in [0.29, 0.717) is 17.4 Å². The second-order valence-electron chi connectivity index (χ2n) is 6.09. The average molecular weight is 253 g/mol. The Labute approximate surface area is 111 Å². The van der Waals surface area contributed by atoms with E-state index in [1.165, 1.54) is 25.7 Å². The molecule has 0 aromatic carbocycles. The first kappa shape index (κ1) is 14.0. The fourth-order valence-electron chi connectivity index (χ4n) is 3.28. The fourth-order valence-corrected chi connectivity index (χ4v) is 3.28. The van der Waals surface area contributed by atoms with Crippen LogP contribution in [0.5, 0.6) is 0 Å². The number of carbonyl (C=O) groups is 1. The lowest BCUT2D eigenvalue weighted by Crippen LogP contribution is -2.52. The van der Waals surface area contributed by atoms with E-state index in [1.807, 2.05) is 0 Å². The molecule has 2 fully saturated rings. The van der Waals surface area contributed by atoms with Crippen LogP contribution in [0.4, 0.5) is 0 Å². The van der Waals surface area contributed by atoms with E-state index in [9.17, 15) is 4.79 Å². The van der Waals surface area contributed by atoms with E-state index in [1.54, 1.807) is 0 Å². The molecule has 0 aromatic heterocycles. The zero-order valence-electron chi connectivity index (χ0n) is 11.9. The van der Waals surface area contributed by atoms with Crippen LogP contribution >= 0.6 is 0 Å². The van der Waals surface area contributed by atoms with Crippen molar-refractivity contribution in [2.45, 2.75) is 70.4 Å². The van der Waals surface area contributed by atoms with Crippen LogP contribution in [0, 0.1) is 0 Å². The van der Waals surface area contributed by atoms with Gasteiger partial charge in [0.25, 0.3) is 0 Å². The van der Waals surface area contributed by atoms with Crippen LogP contribution in [-0.4, -0.2) is 42.0 Å². The van der Waals surface area contributed by atoms with Crippen molar-refractivity contribution < 1.29 is 9.53 Å². The van der Waals surface area contributed by atoms with Gasteiger partial charge in [-0.2, -0.15) is 0 Å². The van der Waals surface area contributed by atoms with Crippen LogP contribution in [0.3, 0.4) is 0 Å². The van der Waals surface area contributed by atoms with Crippen LogP contribution in [0.25, 0.3) is 0 Å². The second kappa shape index (κ2) is 6.16. The van der Waals surface area contributed by atoms with E-state index >= 15 is 0 Å². The number of piperidine rings is 1. The Hall–Kier alpha value is -0.410. The molecule has 3 nitrogen and oxygen atoms in total. The van der Waals surface area contributed by atoms with E-state index in [4.69, 9.17) is 4.74 Å². The van der Waals surface area contributed by atoms with Gasteiger partial charge >= 0.3 is 0 Å². The molecule has 1 saturated carbocycles. The largest absolute Gasteiger partial charge is 0.378 e. The van der Waals surface area contributed by atoms with Gasteiger partial charge in [0.05, 0.1) is 6.10 Å². The summed E-state index contributed by atoms with van der Waals surface area (Å²) in [7, 11) is 0. The smallest absolute Gasteiger partial charge is 0.135 e. The van der Waals surface area contributed by atoms with E-state index in [0.717, 1.165) is 39.0 Å². The number of Topliss-reactive ketones (excluding diaryl/α,β-unsaturated/α-hetero) is 1. The highest BCUT2D eigenvalue weighted by molar-refractivity contribution is 5.79. The van der Waals surface area contributed by atoms with Gasteiger partial charge in [-0.15, -0.1) is 0 Å². The summed E-state index contributed by atoms with van der Waals surface area (Å²) in [6.45, 7) is 7.38. The lowest BCUT2D eigenvalue weighted by Gasteiger charge is -2.47. The third-order valence-corrected chi connectivity index (χ3v) is 4.65. The number of rotatable bonds is 4. The average Bonchev–Trinajstić information content (AvgIpc) is 2.39. The van der Waals surface area contributed by atoms with Crippen molar-refractivity contribution in [1.29, 1.82) is 0 Å². The van der Waals surface area contributed by atoms with Crippen LogP contribution in [0.1, 0.15) is 58.8 Å². The summed E-state index contributed by atoms with van der Waals surface area (Å²) in [5.41, 5.74) is 0.312. The summed E-state index contributed by atoms with van der Waals surface area (Å²) >= 11 is 0. The van der Waals surface area contributed by atoms with E-state index in [2.05, 4.69) is 18.7 Å². The molecule has 0 radical (unpaired) electrons. The standard InChI is InChI=1S/C15H27NO2/c1-3-12-18-14-4-8-15(2,9-5-14)16-10-6-13(17)7-11-16/h14H,3-12H2,1-2H3/t14-,15+. The normalized spacial score (nSPS) is 34.8. The van der Waals surface area contributed by atoms with Gasteiger partial charge in [0, 0.05) is 38.1 Å². The Morgan fingerprint density at radius 2 is 1.89 bits per heavy atom. The third kappa shape index (κ3) is 3.33.